The SMILES string of the molecule is CCCN1CCC(N2CCC(C(C)N)C2)CC1. The standard InChI is InChI=1S/C14H29N3/c1-3-7-16-8-5-14(6-9-16)17-10-4-13(11-17)12(2)15/h12-14H,3-11,15H2,1-2H3. The zero-order valence-electron chi connectivity index (χ0n) is 11.6. The van der Waals surface area contributed by atoms with Gasteiger partial charge in [0.2, 0.25) is 0 Å². The van der Waals surface area contributed by atoms with Gasteiger partial charge in [-0.2, -0.15) is 0 Å². The highest BCUT2D eigenvalue weighted by molar-refractivity contribution is 4.87. The molecule has 2 saturated heterocycles. The molecule has 0 aromatic heterocycles. The number of nitrogens with zero attached hydrogens (tertiary/aromatic N) is 2. The van der Waals surface area contributed by atoms with Crippen LogP contribution in [0.2, 0.25) is 0 Å². The first-order valence-corrected chi connectivity index (χ1v) is 7.42. The van der Waals surface area contributed by atoms with E-state index in [-0.39, 0.29) is 0 Å². The number of likely N-dealkylation sites (tertiary alicyclic amines) is 2. The molecule has 0 spiro atoms. The summed E-state index contributed by atoms with van der Waals surface area (Å²) >= 11 is 0. The fraction of sp³-hybridized carbons (Fsp3) is 1.00. The molecule has 2 aliphatic rings. The summed E-state index contributed by atoms with van der Waals surface area (Å²) in [5.74, 6) is 0.740. The van der Waals surface area contributed by atoms with Gasteiger partial charge in [0.25, 0.3) is 0 Å². The van der Waals surface area contributed by atoms with Gasteiger partial charge in [0.15, 0.2) is 0 Å². The van der Waals surface area contributed by atoms with Crippen LogP contribution < -0.4 is 5.73 Å². The maximum Gasteiger partial charge on any atom is 0.0120 e. The third-order valence-electron chi connectivity index (χ3n) is 4.61. The highest BCUT2D eigenvalue weighted by atomic mass is 15.2. The molecule has 2 atom stereocenters. The fourth-order valence-corrected chi connectivity index (χ4v) is 3.40. The Labute approximate surface area is 106 Å². The highest BCUT2D eigenvalue weighted by Gasteiger charge is 2.31. The van der Waals surface area contributed by atoms with E-state index < -0.39 is 0 Å². The third kappa shape index (κ3) is 3.43. The van der Waals surface area contributed by atoms with Gasteiger partial charge in [-0.3, -0.25) is 4.90 Å². The summed E-state index contributed by atoms with van der Waals surface area (Å²) in [4.78, 5) is 5.33. The van der Waals surface area contributed by atoms with E-state index in [0.29, 0.717) is 6.04 Å². The average molecular weight is 239 g/mol. The summed E-state index contributed by atoms with van der Waals surface area (Å²) in [6.07, 6.45) is 5.34. The lowest BCUT2D eigenvalue weighted by atomic mass is 10.0. The molecule has 2 fully saturated rings. The van der Waals surface area contributed by atoms with E-state index in [0.717, 1.165) is 12.0 Å². The maximum absolute atomic E-state index is 6.02. The van der Waals surface area contributed by atoms with Gasteiger partial charge >= 0.3 is 0 Å². The van der Waals surface area contributed by atoms with Crippen LogP contribution >= 0.6 is 0 Å². The summed E-state index contributed by atoms with van der Waals surface area (Å²) in [6.45, 7) is 10.9. The first-order chi connectivity index (χ1) is 8.20. The molecule has 3 heteroatoms. The van der Waals surface area contributed by atoms with Crippen molar-refractivity contribution in [2.24, 2.45) is 11.7 Å². The summed E-state index contributed by atoms with van der Waals surface area (Å²) in [6, 6.07) is 1.21. The molecular weight excluding hydrogens is 210 g/mol. The molecular formula is C14H29N3. The van der Waals surface area contributed by atoms with Gasteiger partial charge in [0, 0.05) is 18.6 Å². The molecule has 2 aliphatic heterocycles. The smallest absolute Gasteiger partial charge is 0.0120 e. The Morgan fingerprint density at radius 2 is 1.88 bits per heavy atom. The van der Waals surface area contributed by atoms with Crippen molar-refractivity contribution in [2.75, 3.05) is 32.7 Å². The van der Waals surface area contributed by atoms with Crippen LogP contribution in [0.3, 0.4) is 0 Å². The van der Waals surface area contributed by atoms with Crippen LogP contribution in [0, 0.1) is 5.92 Å². The molecule has 17 heavy (non-hydrogen) atoms. The molecule has 0 bridgehead atoms. The molecule has 0 radical (unpaired) electrons. The summed E-state index contributed by atoms with van der Waals surface area (Å²) in [7, 11) is 0. The molecule has 0 aromatic rings. The molecule has 2 rings (SSSR count). The van der Waals surface area contributed by atoms with Crippen LogP contribution in [0.25, 0.3) is 0 Å². The monoisotopic (exact) mass is 239 g/mol. The molecule has 2 N–H and O–H groups in total. The first-order valence-electron chi connectivity index (χ1n) is 7.42. The number of hydrogen-bond donors (Lipinski definition) is 1. The van der Waals surface area contributed by atoms with Crippen LogP contribution in [-0.4, -0.2) is 54.6 Å². The van der Waals surface area contributed by atoms with Crippen molar-refractivity contribution < 1.29 is 0 Å². The first kappa shape index (κ1) is 13.3. The predicted octanol–water partition coefficient (Wildman–Crippen LogP) is 1.53. The number of hydrogen-bond acceptors (Lipinski definition) is 3. The van der Waals surface area contributed by atoms with Crippen LogP contribution in [0.4, 0.5) is 0 Å². The topological polar surface area (TPSA) is 32.5 Å². The lowest BCUT2D eigenvalue weighted by Gasteiger charge is -2.36. The molecule has 0 amide bonds. The third-order valence-corrected chi connectivity index (χ3v) is 4.61. The molecule has 0 aromatic carbocycles. The lowest BCUT2D eigenvalue weighted by molar-refractivity contribution is 0.123. The van der Waals surface area contributed by atoms with Crippen molar-refractivity contribution in [3.8, 4) is 0 Å². The Kier molecular flexibility index (Phi) is 4.83. The second kappa shape index (κ2) is 6.17. The van der Waals surface area contributed by atoms with Crippen molar-refractivity contribution in [3.63, 3.8) is 0 Å². The maximum atomic E-state index is 6.02. The van der Waals surface area contributed by atoms with Crippen LogP contribution in [0.15, 0.2) is 0 Å². The van der Waals surface area contributed by atoms with Gasteiger partial charge in [-0.25, -0.2) is 0 Å². The lowest BCUT2D eigenvalue weighted by Crippen LogP contribution is -2.44. The normalized spacial score (nSPS) is 30.9. The molecule has 3 nitrogen and oxygen atoms in total. The zero-order valence-corrected chi connectivity index (χ0v) is 11.6. The average Bonchev–Trinajstić information content (AvgIpc) is 2.80. The highest BCUT2D eigenvalue weighted by Crippen LogP contribution is 2.25. The second-order valence-electron chi connectivity index (χ2n) is 5.98. The zero-order chi connectivity index (χ0) is 12.3. The minimum atomic E-state index is 0.375. The second-order valence-corrected chi connectivity index (χ2v) is 5.98. The molecule has 0 aliphatic carbocycles. The Morgan fingerprint density at radius 1 is 1.18 bits per heavy atom. The van der Waals surface area contributed by atoms with Gasteiger partial charge < -0.3 is 10.6 Å². The van der Waals surface area contributed by atoms with Gasteiger partial charge in [-0.15, -0.1) is 0 Å². The molecule has 2 heterocycles. The van der Waals surface area contributed by atoms with E-state index in [1.165, 1.54) is 58.4 Å². The van der Waals surface area contributed by atoms with Gasteiger partial charge in [-0.1, -0.05) is 6.92 Å². The van der Waals surface area contributed by atoms with E-state index in [9.17, 15) is 0 Å². The quantitative estimate of drug-likeness (QED) is 0.807. The van der Waals surface area contributed by atoms with Crippen molar-refractivity contribution in [2.45, 2.75) is 51.6 Å². The van der Waals surface area contributed by atoms with E-state index in [4.69, 9.17) is 5.73 Å². The number of piperidine rings is 1. The summed E-state index contributed by atoms with van der Waals surface area (Å²) in [5, 5.41) is 0. The summed E-state index contributed by atoms with van der Waals surface area (Å²) < 4.78 is 0. The van der Waals surface area contributed by atoms with E-state index in [1.54, 1.807) is 0 Å². The van der Waals surface area contributed by atoms with Gasteiger partial charge in [-0.05, 0) is 64.7 Å². The Balaban J connectivity index is 1.74. The Bertz CT molecular complexity index is 222. The van der Waals surface area contributed by atoms with Crippen molar-refractivity contribution in [3.05, 3.63) is 0 Å². The minimum Gasteiger partial charge on any atom is -0.328 e. The number of rotatable bonds is 4. The van der Waals surface area contributed by atoms with Gasteiger partial charge in [0.05, 0.1) is 0 Å². The molecule has 0 saturated carbocycles. The molecule has 100 valence electrons. The van der Waals surface area contributed by atoms with E-state index >= 15 is 0 Å². The van der Waals surface area contributed by atoms with Crippen molar-refractivity contribution in [1.29, 1.82) is 0 Å². The fourth-order valence-electron chi connectivity index (χ4n) is 3.40. The van der Waals surface area contributed by atoms with Crippen LogP contribution in [0.1, 0.15) is 39.5 Å². The molecule has 2 unspecified atom stereocenters. The van der Waals surface area contributed by atoms with Gasteiger partial charge in [0.1, 0.15) is 0 Å². The van der Waals surface area contributed by atoms with Crippen molar-refractivity contribution >= 4 is 0 Å². The van der Waals surface area contributed by atoms with E-state index in [1.807, 2.05) is 0 Å². The number of nitrogens with two attached hydrogens (primary N) is 1. The predicted molar refractivity (Wildman–Crippen MR) is 73.1 cm³/mol. The largest absolute Gasteiger partial charge is 0.328 e. The minimum absolute atomic E-state index is 0.375. The van der Waals surface area contributed by atoms with Crippen LogP contribution in [-0.2, 0) is 0 Å². The van der Waals surface area contributed by atoms with Crippen LogP contribution in [0.5, 0.6) is 0 Å². The Morgan fingerprint density at radius 3 is 2.41 bits per heavy atom. The van der Waals surface area contributed by atoms with Crippen molar-refractivity contribution in [1.82, 2.24) is 9.80 Å². The summed E-state index contributed by atoms with van der Waals surface area (Å²) in [5.41, 5.74) is 6.02. The van der Waals surface area contributed by atoms with E-state index in [2.05, 4.69) is 23.6 Å². The Hall–Kier alpha value is -0.120.